The van der Waals surface area contributed by atoms with Crippen LogP contribution in [0, 0.1) is 0 Å². The minimum atomic E-state index is -3.73. The molecule has 0 spiro atoms. The van der Waals surface area contributed by atoms with Crippen LogP contribution >= 0.6 is 11.8 Å². The first-order chi connectivity index (χ1) is 12.9. The third-order valence-electron chi connectivity index (χ3n) is 3.52. The fourth-order valence-electron chi connectivity index (χ4n) is 2.19. The van der Waals surface area contributed by atoms with Crippen LogP contribution in [0.5, 0.6) is 0 Å². The van der Waals surface area contributed by atoms with Gasteiger partial charge in [-0.1, -0.05) is 42.1 Å². The second kappa shape index (κ2) is 8.30. The lowest BCUT2D eigenvalue weighted by Gasteiger charge is -2.07. The van der Waals surface area contributed by atoms with E-state index in [1.54, 1.807) is 36.5 Å². The summed E-state index contributed by atoms with van der Waals surface area (Å²) in [6, 6.07) is 16.7. The zero-order valence-electron chi connectivity index (χ0n) is 14.1. The van der Waals surface area contributed by atoms with Crippen molar-refractivity contribution < 1.29 is 13.2 Å². The second-order valence-electron chi connectivity index (χ2n) is 5.50. The average Bonchev–Trinajstić information content (AvgIpc) is 2.67. The molecule has 0 aliphatic carbocycles. The summed E-state index contributed by atoms with van der Waals surface area (Å²) in [7, 11) is -3.73. The van der Waals surface area contributed by atoms with E-state index < -0.39 is 10.0 Å². The van der Waals surface area contributed by atoms with Crippen molar-refractivity contribution in [1.29, 1.82) is 0 Å². The third kappa shape index (κ3) is 5.36. The Morgan fingerprint density at radius 3 is 2.41 bits per heavy atom. The Bertz CT molecular complexity index is 1040. The van der Waals surface area contributed by atoms with Crippen LogP contribution in [0.2, 0.25) is 0 Å². The molecule has 0 saturated heterocycles. The molecule has 27 heavy (non-hydrogen) atoms. The highest BCUT2D eigenvalue weighted by Gasteiger charge is 2.09. The normalized spacial score (nSPS) is 11.1. The van der Waals surface area contributed by atoms with Crippen LogP contribution in [0.15, 0.2) is 76.9 Å². The quantitative estimate of drug-likeness (QED) is 0.356. The van der Waals surface area contributed by atoms with Crippen molar-refractivity contribution in [3.63, 3.8) is 0 Å². The third-order valence-corrected chi connectivity index (χ3v) is 5.31. The van der Waals surface area contributed by atoms with Crippen molar-refractivity contribution in [2.24, 2.45) is 5.14 Å². The maximum atomic E-state index is 12.2. The molecule has 0 saturated carbocycles. The van der Waals surface area contributed by atoms with E-state index in [4.69, 9.17) is 5.14 Å². The van der Waals surface area contributed by atoms with E-state index >= 15 is 0 Å². The highest BCUT2D eigenvalue weighted by Crippen LogP contribution is 2.20. The molecule has 0 atom stereocenters. The van der Waals surface area contributed by atoms with Crippen LogP contribution in [-0.4, -0.2) is 29.9 Å². The maximum absolute atomic E-state index is 12.2. The van der Waals surface area contributed by atoms with Crippen LogP contribution in [0.1, 0.15) is 10.4 Å². The largest absolute Gasteiger partial charge is 0.340 e. The summed E-state index contributed by atoms with van der Waals surface area (Å²) in [6.45, 7) is 0. The van der Waals surface area contributed by atoms with Crippen molar-refractivity contribution in [3.8, 4) is 0 Å². The summed E-state index contributed by atoms with van der Waals surface area (Å²) < 4.78 is 22.6. The van der Waals surface area contributed by atoms with E-state index in [2.05, 4.69) is 15.3 Å². The van der Waals surface area contributed by atoms with E-state index in [9.17, 15) is 13.2 Å². The maximum Gasteiger partial charge on any atom is 0.238 e. The first kappa shape index (κ1) is 19.0. The van der Waals surface area contributed by atoms with Crippen LogP contribution in [0.4, 0.5) is 11.5 Å². The summed E-state index contributed by atoms with van der Waals surface area (Å²) in [5, 5.41) is 8.60. The summed E-state index contributed by atoms with van der Waals surface area (Å²) in [5.74, 6) is 0.764. The Labute approximate surface area is 161 Å². The Morgan fingerprint density at radius 1 is 1.04 bits per heavy atom. The van der Waals surface area contributed by atoms with Crippen molar-refractivity contribution in [1.82, 2.24) is 9.97 Å². The Kier molecular flexibility index (Phi) is 5.84. The minimum absolute atomic E-state index is 0.00106. The number of benzene rings is 2. The highest BCUT2D eigenvalue weighted by atomic mass is 32.2. The molecule has 0 aliphatic heterocycles. The number of hydrogen-bond donors (Lipinski definition) is 2. The lowest BCUT2D eigenvalue weighted by atomic mass is 10.2. The number of aromatic nitrogens is 2. The predicted molar refractivity (Wildman–Crippen MR) is 105 cm³/mol. The van der Waals surface area contributed by atoms with Gasteiger partial charge in [-0.15, -0.1) is 0 Å². The number of Topliss-reactive ketones (excluding diaryl/α,β-unsaturated/α-hetero) is 1. The van der Waals surface area contributed by atoms with Gasteiger partial charge < -0.3 is 5.32 Å². The summed E-state index contributed by atoms with van der Waals surface area (Å²) >= 11 is 1.25. The van der Waals surface area contributed by atoms with Gasteiger partial charge in [0.2, 0.25) is 10.0 Å². The van der Waals surface area contributed by atoms with Crippen LogP contribution in [-0.2, 0) is 10.0 Å². The van der Waals surface area contributed by atoms with Crippen molar-refractivity contribution in [2.75, 3.05) is 11.1 Å². The molecule has 138 valence electrons. The fraction of sp³-hybridized carbons (Fsp3) is 0.0556. The molecule has 0 fully saturated rings. The zero-order valence-corrected chi connectivity index (χ0v) is 15.7. The molecular weight excluding hydrogens is 384 g/mol. The number of sulfonamides is 1. The van der Waals surface area contributed by atoms with Crippen LogP contribution in [0.3, 0.4) is 0 Å². The second-order valence-corrected chi connectivity index (χ2v) is 8.00. The first-order valence-corrected chi connectivity index (χ1v) is 10.4. The predicted octanol–water partition coefficient (Wildman–Crippen LogP) is 2.84. The van der Waals surface area contributed by atoms with E-state index in [0.29, 0.717) is 22.2 Å². The van der Waals surface area contributed by atoms with Gasteiger partial charge in [0.1, 0.15) is 5.82 Å². The molecule has 1 aromatic heterocycles. The van der Waals surface area contributed by atoms with Crippen molar-refractivity contribution in [3.05, 3.63) is 72.4 Å². The number of ketones is 1. The molecule has 0 bridgehead atoms. The Balaban J connectivity index is 1.64. The lowest BCUT2D eigenvalue weighted by Crippen LogP contribution is -2.11. The standard InChI is InChI=1S/C18H16N4O3S2/c19-27(24,25)15-8-6-14(7-9-15)21-17-10-11-20-18(22-17)26-12-16(23)13-4-2-1-3-5-13/h1-11H,12H2,(H2,19,24,25)(H,20,21,22). The monoisotopic (exact) mass is 400 g/mol. The molecule has 0 unspecified atom stereocenters. The number of carbonyl (C=O) groups is 1. The van der Waals surface area contributed by atoms with Crippen molar-refractivity contribution >= 4 is 39.1 Å². The van der Waals surface area contributed by atoms with Gasteiger partial charge in [-0.2, -0.15) is 0 Å². The van der Waals surface area contributed by atoms with Gasteiger partial charge in [0.15, 0.2) is 10.9 Å². The van der Waals surface area contributed by atoms with E-state index in [-0.39, 0.29) is 16.4 Å². The SMILES string of the molecule is NS(=O)(=O)c1ccc(Nc2ccnc(SCC(=O)c3ccccc3)n2)cc1. The van der Waals surface area contributed by atoms with Gasteiger partial charge in [-0.05, 0) is 30.3 Å². The number of thioether (sulfide) groups is 1. The summed E-state index contributed by atoms with van der Waals surface area (Å²) in [6.07, 6.45) is 1.59. The molecule has 0 radical (unpaired) electrons. The van der Waals surface area contributed by atoms with Crippen molar-refractivity contribution in [2.45, 2.75) is 10.1 Å². The minimum Gasteiger partial charge on any atom is -0.340 e. The topological polar surface area (TPSA) is 115 Å². The van der Waals surface area contributed by atoms with Gasteiger partial charge >= 0.3 is 0 Å². The lowest BCUT2D eigenvalue weighted by molar-refractivity contribution is 0.102. The number of anilines is 2. The number of nitrogens with one attached hydrogen (secondary N) is 1. The number of nitrogens with two attached hydrogens (primary N) is 1. The van der Waals surface area contributed by atoms with E-state index in [0.717, 1.165) is 0 Å². The Morgan fingerprint density at radius 2 is 1.74 bits per heavy atom. The molecule has 3 aromatic rings. The van der Waals surface area contributed by atoms with E-state index in [1.165, 1.54) is 23.9 Å². The number of nitrogens with zero attached hydrogens (tertiary/aromatic N) is 2. The molecule has 1 heterocycles. The summed E-state index contributed by atoms with van der Waals surface area (Å²) in [5.41, 5.74) is 1.30. The molecule has 9 heteroatoms. The molecule has 7 nitrogen and oxygen atoms in total. The number of carbonyl (C=O) groups excluding carboxylic acids is 1. The molecule has 0 aliphatic rings. The smallest absolute Gasteiger partial charge is 0.238 e. The molecule has 3 N–H and O–H groups in total. The molecule has 0 amide bonds. The first-order valence-electron chi connectivity index (χ1n) is 7.86. The average molecular weight is 400 g/mol. The van der Waals surface area contributed by atoms with Crippen LogP contribution in [0.25, 0.3) is 0 Å². The molecule has 2 aromatic carbocycles. The van der Waals surface area contributed by atoms with E-state index in [1.807, 2.05) is 18.2 Å². The van der Waals surface area contributed by atoms with Gasteiger partial charge in [-0.25, -0.2) is 23.5 Å². The fourth-order valence-corrected chi connectivity index (χ4v) is 3.43. The highest BCUT2D eigenvalue weighted by molar-refractivity contribution is 7.99. The number of rotatable bonds is 7. The van der Waals surface area contributed by atoms with Gasteiger partial charge in [0.25, 0.3) is 0 Å². The van der Waals surface area contributed by atoms with Crippen LogP contribution < -0.4 is 10.5 Å². The summed E-state index contributed by atoms with van der Waals surface area (Å²) in [4.78, 5) is 20.7. The van der Waals surface area contributed by atoms with Gasteiger partial charge in [0.05, 0.1) is 10.6 Å². The van der Waals surface area contributed by atoms with Gasteiger partial charge in [0, 0.05) is 17.4 Å². The number of primary sulfonamides is 1. The number of hydrogen-bond acceptors (Lipinski definition) is 7. The zero-order chi connectivity index (χ0) is 19.3. The van der Waals surface area contributed by atoms with Gasteiger partial charge in [-0.3, -0.25) is 4.79 Å². The molecule has 3 rings (SSSR count). The Hall–Kier alpha value is -2.75. The molecular formula is C18H16N4O3S2.